The molecule has 0 amide bonds. The molecule has 0 fully saturated rings. The molecule has 0 atom stereocenters. The van der Waals surface area contributed by atoms with Gasteiger partial charge in [0.2, 0.25) is 5.88 Å². The summed E-state index contributed by atoms with van der Waals surface area (Å²) in [5.74, 6) is 0.862. The molecule has 0 spiro atoms. The van der Waals surface area contributed by atoms with E-state index in [0.717, 1.165) is 16.9 Å². The molecule has 2 aromatic carbocycles. The second kappa shape index (κ2) is 10.3. The molecule has 0 aliphatic carbocycles. The number of nitrogens with zero attached hydrogens (tertiary/aromatic N) is 6. The van der Waals surface area contributed by atoms with Crippen molar-refractivity contribution in [2.75, 3.05) is 13.7 Å². The van der Waals surface area contributed by atoms with Gasteiger partial charge in [-0.1, -0.05) is 42.5 Å². The predicted molar refractivity (Wildman–Crippen MR) is 131 cm³/mol. The van der Waals surface area contributed by atoms with Crippen LogP contribution in [-0.4, -0.2) is 49.0 Å². The molecule has 3 heterocycles. The van der Waals surface area contributed by atoms with Gasteiger partial charge in [-0.15, -0.1) is 0 Å². The molecule has 0 bridgehead atoms. The Hall–Kier alpha value is -4.73. The molecule has 0 aliphatic heterocycles. The number of fused-ring (bicyclic) bond motifs is 1. The van der Waals surface area contributed by atoms with E-state index in [4.69, 9.17) is 19.2 Å². The van der Waals surface area contributed by atoms with Crippen molar-refractivity contribution in [2.45, 2.75) is 20.1 Å². The van der Waals surface area contributed by atoms with Gasteiger partial charge in [-0.3, -0.25) is 0 Å². The van der Waals surface area contributed by atoms with Gasteiger partial charge in [-0.05, 0) is 30.2 Å². The summed E-state index contributed by atoms with van der Waals surface area (Å²) >= 11 is 0. The van der Waals surface area contributed by atoms with Crippen LogP contribution < -0.4 is 9.47 Å². The van der Waals surface area contributed by atoms with Crippen LogP contribution in [0.2, 0.25) is 0 Å². The summed E-state index contributed by atoms with van der Waals surface area (Å²) in [6.45, 7) is 2.84. The molecule has 182 valence electrons. The van der Waals surface area contributed by atoms with Gasteiger partial charge in [-0.25, -0.2) is 14.5 Å². The summed E-state index contributed by atoms with van der Waals surface area (Å²) in [5, 5.41) is 4.27. The maximum Gasteiger partial charge on any atom is 0.341 e. The van der Waals surface area contributed by atoms with Crippen LogP contribution in [0, 0.1) is 0 Å². The quantitative estimate of drug-likeness (QED) is 0.291. The van der Waals surface area contributed by atoms with Crippen molar-refractivity contribution in [3.63, 3.8) is 0 Å². The number of carbonyl (C=O) groups is 1. The van der Waals surface area contributed by atoms with Gasteiger partial charge in [0.1, 0.15) is 12.4 Å². The lowest BCUT2D eigenvalue weighted by molar-refractivity contribution is 0.0526. The number of imidazole rings is 1. The van der Waals surface area contributed by atoms with Gasteiger partial charge < -0.3 is 18.8 Å². The fraction of sp³-hybridized carbons (Fsp3) is 0.192. The van der Waals surface area contributed by atoms with E-state index in [1.165, 1.54) is 17.1 Å². The van der Waals surface area contributed by atoms with Crippen molar-refractivity contribution in [3.05, 3.63) is 90.0 Å². The first kappa shape index (κ1) is 23.0. The number of esters is 1. The van der Waals surface area contributed by atoms with E-state index in [1.807, 2.05) is 59.2 Å². The topological polar surface area (TPSA) is 106 Å². The largest absolute Gasteiger partial charge is 0.497 e. The maximum absolute atomic E-state index is 12.1. The fourth-order valence-electron chi connectivity index (χ4n) is 3.67. The Labute approximate surface area is 207 Å². The Morgan fingerprint density at radius 3 is 2.67 bits per heavy atom. The molecule has 0 saturated heterocycles. The first-order valence-corrected chi connectivity index (χ1v) is 11.4. The Morgan fingerprint density at radius 2 is 1.86 bits per heavy atom. The Kier molecular flexibility index (Phi) is 6.57. The van der Waals surface area contributed by atoms with Gasteiger partial charge in [0.25, 0.3) is 5.95 Å². The minimum Gasteiger partial charge on any atom is -0.497 e. The zero-order valence-corrected chi connectivity index (χ0v) is 19.9. The van der Waals surface area contributed by atoms with Crippen molar-refractivity contribution in [1.82, 2.24) is 29.3 Å². The summed E-state index contributed by atoms with van der Waals surface area (Å²) in [4.78, 5) is 25.9. The molecule has 0 N–H and O–H groups in total. The zero-order chi connectivity index (χ0) is 24.9. The highest BCUT2D eigenvalue weighted by Crippen LogP contribution is 2.25. The molecular formula is C26H24N6O4. The second-order valence-electron chi connectivity index (χ2n) is 7.89. The molecule has 5 aromatic rings. The monoisotopic (exact) mass is 484 g/mol. The fourth-order valence-corrected chi connectivity index (χ4v) is 3.67. The highest BCUT2D eigenvalue weighted by Gasteiger charge is 2.18. The van der Waals surface area contributed by atoms with Crippen molar-refractivity contribution >= 4 is 17.1 Å². The minimum atomic E-state index is -0.464. The number of methoxy groups -OCH3 is 1. The first-order valence-electron chi connectivity index (χ1n) is 11.4. The number of rotatable bonds is 9. The summed E-state index contributed by atoms with van der Waals surface area (Å²) in [5.41, 5.74) is 3.40. The lowest BCUT2D eigenvalue weighted by atomic mass is 10.2. The van der Waals surface area contributed by atoms with Crippen molar-refractivity contribution < 1.29 is 19.0 Å². The van der Waals surface area contributed by atoms with Crippen LogP contribution in [0.1, 0.15) is 28.4 Å². The highest BCUT2D eigenvalue weighted by atomic mass is 16.5. The summed E-state index contributed by atoms with van der Waals surface area (Å²) in [6, 6.07) is 17.6. The third-order valence-electron chi connectivity index (χ3n) is 5.42. The average Bonchev–Trinajstić information content (AvgIpc) is 3.56. The third kappa shape index (κ3) is 4.88. The number of hydrogen-bond donors (Lipinski definition) is 0. The zero-order valence-electron chi connectivity index (χ0n) is 19.9. The molecule has 5 rings (SSSR count). The SMILES string of the molecule is CCOC(=O)c1cnn(-c2nc(OCc3ccccc3)c3ncn(Cc4cccc(OC)c4)c3n2)c1. The van der Waals surface area contributed by atoms with Gasteiger partial charge in [0.05, 0.1) is 38.3 Å². The molecule has 0 unspecified atom stereocenters. The Balaban J connectivity index is 1.54. The molecule has 0 radical (unpaired) electrons. The van der Waals surface area contributed by atoms with Gasteiger partial charge in [0.15, 0.2) is 11.2 Å². The summed E-state index contributed by atoms with van der Waals surface area (Å²) in [6.07, 6.45) is 4.65. The van der Waals surface area contributed by atoms with E-state index in [-0.39, 0.29) is 12.6 Å². The van der Waals surface area contributed by atoms with Crippen LogP contribution in [0.5, 0.6) is 11.6 Å². The van der Waals surface area contributed by atoms with E-state index in [1.54, 1.807) is 20.4 Å². The van der Waals surface area contributed by atoms with E-state index in [9.17, 15) is 4.79 Å². The number of aromatic nitrogens is 6. The normalized spacial score (nSPS) is 10.9. The van der Waals surface area contributed by atoms with Crippen LogP contribution >= 0.6 is 0 Å². The smallest absolute Gasteiger partial charge is 0.341 e. The molecule has 0 aliphatic rings. The van der Waals surface area contributed by atoms with Crippen LogP contribution in [-0.2, 0) is 17.9 Å². The number of ether oxygens (including phenoxy) is 3. The third-order valence-corrected chi connectivity index (χ3v) is 5.42. The average molecular weight is 485 g/mol. The van der Waals surface area contributed by atoms with Crippen LogP contribution in [0.25, 0.3) is 17.1 Å². The summed E-state index contributed by atoms with van der Waals surface area (Å²) in [7, 11) is 1.64. The molecule has 36 heavy (non-hydrogen) atoms. The Bertz CT molecular complexity index is 1500. The maximum atomic E-state index is 12.1. The molecule has 3 aromatic heterocycles. The lowest BCUT2D eigenvalue weighted by Crippen LogP contribution is -2.08. The van der Waals surface area contributed by atoms with E-state index in [2.05, 4.69) is 15.1 Å². The number of carbonyl (C=O) groups excluding carboxylic acids is 1. The highest BCUT2D eigenvalue weighted by molar-refractivity contribution is 5.88. The molecule has 10 nitrogen and oxygen atoms in total. The van der Waals surface area contributed by atoms with Crippen LogP contribution in [0.15, 0.2) is 73.3 Å². The van der Waals surface area contributed by atoms with E-state index < -0.39 is 5.97 Å². The van der Waals surface area contributed by atoms with Gasteiger partial charge in [0, 0.05) is 6.20 Å². The van der Waals surface area contributed by atoms with Crippen LogP contribution in [0.4, 0.5) is 0 Å². The second-order valence-corrected chi connectivity index (χ2v) is 7.89. The van der Waals surface area contributed by atoms with Crippen molar-refractivity contribution in [1.29, 1.82) is 0 Å². The molecule has 10 heteroatoms. The van der Waals surface area contributed by atoms with Gasteiger partial charge >= 0.3 is 5.97 Å². The predicted octanol–water partition coefficient (Wildman–Crippen LogP) is 3.82. The molecular weight excluding hydrogens is 460 g/mol. The molecule has 0 saturated carbocycles. The summed E-state index contributed by atoms with van der Waals surface area (Å²) < 4.78 is 19.8. The minimum absolute atomic E-state index is 0.244. The van der Waals surface area contributed by atoms with E-state index in [0.29, 0.717) is 35.8 Å². The number of hydrogen-bond acceptors (Lipinski definition) is 8. The van der Waals surface area contributed by atoms with Crippen molar-refractivity contribution in [3.8, 4) is 17.6 Å². The standard InChI is InChI=1S/C26H24N6O4/c1-3-35-25(33)20-13-28-32(15-20)26-29-23-22(24(30-26)36-16-18-8-5-4-6-9-18)27-17-31(23)14-19-10-7-11-21(12-19)34-2/h4-13,15,17H,3,14,16H2,1-2H3. The first-order chi connectivity index (χ1) is 17.6. The van der Waals surface area contributed by atoms with Crippen LogP contribution in [0.3, 0.4) is 0 Å². The Morgan fingerprint density at radius 1 is 1.03 bits per heavy atom. The van der Waals surface area contributed by atoms with Gasteiger partial charge in [-0.2, -0.15) is 15.1 Å². The lowest BCUT2D eigenvalue weighted by Gasteiger charge is -2.10. The van der Waals surface area contributed by atoms with Crippen molar-refractivity contribution in [2.24, 2.45) is 0 Å². The number of benzene rings is 2. The van der Waals surface area contributed by atoms with E-state index >= 15 is 0 Å².